The van der Waals surface area contributed by atoms with Crippen LogP contribution >= 0.6 is 0 Å². The van der Waals surface area contributed by atoms with E-state index in [9.17, 15) is 4.79 Å². The number of ketones is 1. The Bertz CT molecular complexity index is 536. The zero-order chi connectivity index (χ0) is 16.1. The Morgan fingerprint density at radius 2 is 1.96 bits per heavy atom. The molecule has 0 amide bonds. The number of anilines is 1. The summed E-state index contributed by atoms with van der Waals surface area (Å²) in [5, 5.41) is 6.86. The van der Waals surface area contributed by atoms with Crippen molar-refractivity contribution in [2.24, 2.45) is 0 Å². The van der Waals surface area contributed by atoms with Gasteiger partial charge < -0.3 is 15.4 Å². The van der Waals surface area contributed by atoms with Gasteiger partial charge in [0.05, 0.1) is 11.7 Å². The van der Waals surface area contributed by atoms with Crippen molar-refractivity contribution >= 4 is 11.5 Å². The molecule has 2 aliphatic rings. The van der Waals surface area contributed by atoms with Gasteiger partial charge >= 0.3 is 0 Å². The molecule has 23 heavy (non-hydrogen) atoms. The fraction of sp³-hybridized carbons (Fsp3) is 0.632. The fourth-order valence-electron chi connectivity index (χ4n) is 3.60. The minimum absolute atomic E-state index is 0.137. The predicted molar refractivity (Wildman–Crippen MR) is 93.5 cm³/mol. The van der Waals surface area contributed by atoms with Crippen LogP contribution in [0.25, 0.3) is 0 Å². The summed E-state index contributed by atoms with van der Waals surface area (Å²) in [6.07, 6.45) is 8.96. The lowest BCUT2D eigenvalue weighted by Crippen LogP contribution is -2.41. The zero-order valence-electron chi connectivity index (χ0n) is 14.1. The molecule has 126 valence electrons. The molecule has 1 aromatic carbocycles. The van der Waals surface area contributed by atoms with E-state index in [2.05, 4.69) is 10.6 Å². The van der Waals surface area contributed by atoms with Gasteiger partial charge in [0.15, 0.2) is 5.78 Å². The van der Waals surface area contributed by atoms with Gasteiger partial charge in [0.25, 0.3) is 0 Å². The predicted octanol–water partition coefficient (Wildman–Crippen LogP) is 3.76. The van der Waals surface area contributed by atoms with Crippen LogP contribution < -0.4 is 15.4 Å². The van der Waals surface area contributed by atoms with Crippen LogP contribution in [0.3, 0.4) is 0 Å². The number of fused-ring (bicyclic) bond motifs is 1. The molecule has 1 atom stereocenters. The molecule has 1 unspecified atom stereocenters. The van der Waals surface area contributed by atoms with Crippen LogP contribution in [0.5, 0.6) is 5.75 Å². The molecule has 0 bridgehead atoms. The van der Waals surface area contributed by atoms with Gasteiger partial charge in [-0.15, -0.1) is 0 Å². The van der Waals surface area contributed by atoms with Gasteiger partial charge in [-0.25, -0.2) is 0 Å². The first-order chi connectivity index (χ1) is 11.2. The van der Waals surface area contributed by atoms with E-state index in [1.807, 2.05) is 25.1 Å². The first kappa shape index (κ1) is 16.3. The highest BCUT2D eigenvalue weighted by Gasteiger charge is 2.21. The van der Waals surface area contributed by atoms with Crippen molar-refractivity contribution in [2.45, 2.75) is 64.0 Å². The molecule has 0 spiro atoms. The second-order valence-corrected chi connectivity index (χ2v) is 6.78. The van der Waals surface area contributed by atoms with Gasteiger partial charge in [0.2, 0.25) is 0 Å². The number of nitrogens with one attached hydrogen (secondary N) is 2. The van der Waals surface area contributed by atoms with E-state index in [-0.39, 0.29) is 11.8 Å². The second-order valence-electron chi connectivity index (χ2n) is 6.78. The average molecular weight is 316 g/mol. The molecule has 0 saturated heterocycles. The smallest absolute Gasteiger partial charge is 0.179 e. The van der Waals surface area contributed by atoms with E-state index >= 15 is 0 Å². The average Bonchev–Trinajstić information content (AvgIpc) is 2.56. The minimum Gasteiger partial charge on any atom is -0.490 e. The number of rotatable bonds is 4. The highest BCUT2D eigenvalue weighted by molar-refractivity contribution is 6.01. The SMILES string of the molecule is CC(NC1CCCCCCC1)C(=O)c1ccc2c(c1)NCCO2. The Morgan fingerprint density at radius 1 is 1.22 bits per heavy atom. The highest BCUT2D eigenvalue weighted by Crippen LogP contribution is 2.28. The summed E-state index contributed by atoms with van der Waals surface area (Å²) in [5.41, 5.74) is 1.69. The monoisotopic (exact) mass is 316 g/mol. The standard InChI is InChI=1S/C19H28N2O2/c1-14(21-16-7-5-3-2-4-6-8-16)19(22)15-9-10-18-17(13-15)20-11-12-23-18/h9-10,13-14,16,20-21H,2-8,11-12H2,1H3. The van der Waals surface area contributed by atoms with E-state index in [4.69, 9.17) is 4.74 Å². The number of Topliss-reactive ketones (excluding diaryl/α,β-unsaturated/α-hetero) is 1. The van der Waals surface area contributed by atoms with Crippen LogP contribution in [-0.4, -0.2) is 31.0 Å². The maximum atomic E-state index is 12.7. The third-order valence-corrected chi connectivity index (χ3v) is 4.92. The Labute approximate surface area is 139 Å². The molecule has 4 heteroatoms. The molecule has 2 N–H and O–H groups in total. The van der Waals surface area contributed by atoms with E-state index in [0.29, 0.717) is 12.6 Å². The van der Waals surface area contributed by atoms with Crippen LogP contribution in [0, 0.1) is 0 Å². The molecule has 3 rings (SSSR count). The van der Waals surface area contributed by atoms with Gasteiger partial charge in [0.1, 0.15) is 12.4 Å². The minimum atomic E-state index is -0.137. The summed E-state index contributed by atoms with van der Waals surface area (Å²) in [5.74, 6) is 1.01. The lowest BCUT2D eigenvalue weighted by atomic mass is 9.95. The van der Waals surface area contributed by atoms with Gasteiger partial charge in [-0.2, -0.15) is 0 Å². The van der Waals surface area contributed by atoms with Crippen molar-refractivity contribution in [2.75, 3.05) is 18.5 Å². The third kappa shape index (κ3) is 4.25. The lowest BCUT2D eigenvalue weighted by Gasteiger charge is -2.25. The second kappa shape index (κ2) is 7.82. The van der Waals surface area contributed by atoms with Gasteiger partial charge in [0, 0.05) is 18.2 Å². The van der Waals surface area contributed by atoms with Crippen LogP contribution in [0.1, 0.15) is 62.2 Å². The first-order valence-corrected chi connectivity index (χ1v) is 9.05. The largest absolute Gasteiger partial charge is 0.490 e. The quantitative estimate of drug-likeness (QED) is 0.830. The molecule has 1 aromatic rings. The van der Waals surface area contributed by atoms with Crippen LogP contribution in [0.15, 0.2) is 18.2 Å². The van der Waals surface area contributed by atoms with Crippen molar-refractivity contribution in [3.05, 3.63) is 23.8 Å². The van der Waals surface area contributed by atoms with Crippen molar-refractivity contribution in [3.8, 4) is 5.75 Å². The Morgan fingerprint density at radius 3 is 2.74 bits per heavy atom. The number of carbonyl (C=O) groups excluding carboxylic acids is 1. The van der Waals surface area contributed by atoms with E-state index in [0.717, 1.165) is 23.5 Å². The first-order valence-electron chi connectivity index (χ1n) is 9.05. The molecular formula is C19H28N2O2. The van der Waals surface area contributed by atoms with Crippen LogP contribution in [0.2, 0.25) is 0 Å². The number of hydrogen-bond donors (Lipinski definition) is 2. The normalized spacial score (nSPS) is 20.4. The summed E-state index contributed by atoms with van der Waals surface area (Å²) in [4.78, 5) is 12.7. The number of benzene rings is 1. The molecule has 0 radical (unpaired) electrons. The summed E-state index contributed by atoms with van der Waals surface area (Å²) in [6, 6.07) is 6.05. The van der Waals surface area contributed by atoms with E-state index < -0.39 is 0 Å². The molecule has 1 fully saturated rings. The molecule has 1 saturated carbocycles. The third-order valence-electron chi connectivity index (χ3n) is 4.92. The van der Waals surface area contributed by atoms with Crippen LogP contribution in [0.4, 0.5) is 5.69 Å². The maximum Gasteiger partial charge on any atom is 0.179 e. The molecular weight excluding hydrogens is 288 g/mol. The number of carbonyl (C=O) groups is 1. The molecule has 1 heterocycles. The zero-order valence-corrected chi connectivity index (χ0v) is 14.1. The maximum absolute atomic E-state index is 12.7. The van der Waals surface area contributed by atoms with Crippen LogP contribution in [-0.2, 0) is 0 Å². The summed E-state index contributed by atoms with van der Waals surface area (Å²) >= 11 is 0. The van der Waals surface area contributed by atoms with Crippen molar-refractivity contribution < 1.29 is 9.53 Å². The molecule has 0 aromatic heterocycles. The van der Waals surface area contributed by atoms with Gasteiger partial charge in [-0.1, -0.05) is 32.1 Å². The number of ether oxygens (including phenoxy) is 1. The Kier molecular flexibility index (Phi) is 5.55. The Balaban J connectivity index is 1.62. The van der Waals surface area contributed by atoms with Gasteiger partial charge in [-0.05, 0) is 38.0 Å². The van der Waals surface area contributed by atoms with Crippen molar-refractivity contribution in [1.82, 2.24) is 5.32 Å². The number of hydrogen-bond acceptors (Lipinski definition) is 4. The fourth-order valence-corrected chi connectivity index (χ4v) is 3.60. The highest BCUT2D eigenvalue weighted by atomic mass is 16.5. The van der Waals surface area contributed by atoms with E-state index in [1.165, 1.54) is 44.9 Å². The van der Waals surface area contributed by atoms with E-state index in [1.54, 1.807) is 0 Å². The molecule has 1 aliphatic carbocycles. The summed E-state index contributed by atoms with van der Waals surface area (Å²) in [7, 11) is 0. The lowest BCUT2D eigenvalue weighted by molar-refractivity contribution is 0.0941. The van der Waals surface area contributed by atoms with Gasteiger partial charge in [-0.3, -0.25) is 4.79 Å². The summed E-state index contributed by atoms with van der Waals surface area (Å²) in [6.45, 7) is 3.46. The molecule has 1 aliphatic heterocycles. The summed E-state index contributed by atoms with van der Waals surface area (Å²) < 4.78 is 5.58. The van der Waals surface area contributed by atoms with Crippen molar-refractivity contribution in [3.63, 3.8) is 0 Å². The molecule has 4 nitrogen and oxygen atoms in total. The topological polar surface area (TPSA) is 50.4 Å². The van der Waals surface area contributed by atoms with Crippen molar-refractivity contribution in [1.29, 1.82) is 0 Å². The Hall–Kier alpha value is -1.55.